The topological polar surface area (TPSA) is 96.0 Å². The maximum absolute atomic E-state index is 14.2. The van der Waals surface area contributed by atoms with Gasteiger partial charge in [-0.1, -0.05) is 65.7 Å². The van der Waals surface area contributed by atoms with Crippen molar-refractivity contribution < 1.29 is 22.7 Å². The van der Waals surface area contributed by atoms with Crippen LogP contribution >= 0.6 is 23.2 Å². The molecule has 0 heterocycles. The predicted molar refractivity (Wildman–Crippen MR) is 164 cm³/mol. The number of nitrogens with one attached hydrogen (secondary N) is 1. The number of benzene rings is 3. The van der Waals surface area contributed by atoms with Crippen molar-refractivity contribution in [3.05, 3.63) is 94.0 Å². The molecule has 0 radical (unpaired) electrons. The number of rotatable bonds is 11. The van der Waals surface area contributed by atoms with Crippen molar-refractivity contribution in [2.75, 3.05) is 24.2 Å². The summed E-state index contributed by atoms with van der Waals surface area (Å²) in [5.41, 5.74) is 1.04. The van der Waals surface area contributed by atoms with Gasteiger partial charge in [0.05, 0.1) is 19.1 Å². The Bertz CT molecular complexity index is 1480. The fourth-order valence-electron chi connectivity index (χ4n) is 4.29. The summed E-state index contributed by atoms with van der Waals surface area (Å²) >= 11 is 12.4. The minimum absolute atomic E-state index is 0.0126. The standard InChI is InChI=1S/C30H35Cl2N3O5S/c1-30(2,3)33-29(37)26(17-21-10-7-6-8-11-21)34(19-22-12-9-13-23(31)16-22)28(36)20-35(41(5,38)39)25-18-24(32)14-15-27(25)40-4/h6-16,18,26H,17,19-20H2,1-5H3,(H,33,37). The number of ether oxygens (including phenoxy) is 1. The molecule has 220 valence electrons. The summed E-state index contributed by atoms with van der Waals surface area (Å²) < 4.78 is 32.3. The molecule has 1 atom stereocenters. The summed E-state index contributed by atoms with van der Waals surface area (Å²) in [6.07, 6.45) is 1.20. The third-order valence-corrected chi connectivity index (χ3v) is 7.70. The van der Waals surface area contributed by atoms with Crippen LogP contribution in [-0.2, 0) is 32.6 Å². The first-order valence-corrected chi connectivity index (χ1v) is 15.5. The van der Waals surface area contributed by atoms with Gasteiger partial charge in [0.1, 0.15) is 18.3 Å². The van der Waals surface area contributed by atoms with Crippen molar-refractivity contribution in [2.45, 2.75) is 45.3 Å². The highest BCUT2D eigenvalue weighted by molar-refractivity contribution is 7.92. The quantitative estimate of drug-likeness (QED) is 0.313. The van der Waals surface area contributed by atoms with Crippen LogP contribution in [0.1, 0.15) is 31.9 Å². The molecule has 41 heavy (non-hydrogen) atoms. The molecule has 1 N–H and O–H groups in total. The molecule has 0 spiro atoms. The number of carbonyl (C=O) groups excluding carboxylic acids is 2. The van der Waals surface area contributed by atoms with Crippen molar-refractivity contribution in [1.29, 1.82) is 0 Å². The van der Waals surface area contributed by atoms with E-state index in [2.05, 4.69) is 5.32 Å². The van der Waals surface area contributed by atoms with E-state index in [-0.39, 0.29) is 35.3 Å². The number of methoxy groups -OCH3 is 1. The van der Waals surface area contributed by atoms with Gasteiger partial charge in [-0.15, -0.1) is 0 Å². The highest BCUT2D eigenvalue weighted by atomic mass is 35.5. The molecule has 0 bridgehead atoms. The lowest BCUT2D eigenvalue weighted by atomic mass is 10.0. The number of halogens is 2. The van der Waals surface area contributed by atoms with Gasteiger partial charge in [0, 0.05) is 28.5 Å². The molecule has 0 aromatic heterocycles. The van der Waals surface area contributed by atoms with Gasteiger partial charge in [0.25, 0.3) is 0 Å². The minimum atomic E-state index is -3.98. The summed E-state index contributed by atoms with van der Waals surface area (Å²) in [5.74, 6) is -0.745. The zero-order valence-corrected chi connectivity index (χ0v) is 26.1. The lowest BCUT2D eigenvalue weighted by molar-refractivity contribution is -0.140. The van der Waals surface area contributed by atoms with Gasteiger partial charge in [0.2, 0.25) is 21.8 Å². The highest BCUT2D eigenvalue weighted by Crippen LogP contribution is 2.33. The Morgan fingerprint density at radius 3 is 2.15 bits per heavy atom. The van der Waals surface area contributed by atoms with E-state index >= 15 is 0 Å². The number of anilines is 1. The van der Waals surface area contributed by atoms with Crippen LogP contribution < -0.4 is 14.4 Å². The molecule has 11 heteroatoms. The zero-order chi connectivity index (χ0) is 30.4. The van der Waals surface area contributed by atoms with E-state index < -0.39 is 34.1 Å². The Kier molecular flexibility index (Phi) is 10.7. The summed E-state index contributed by atoms with van der Waals surface area (Å²) in [5, 5.41) is 3.72. The van der Waals surface area contributed by atoms with Crippen LogP contribution in [0.3, 0.4) is 0 Å². The molecular formula is C30H35Cl2N3O5S. The van der Waals surface area contributed by atoms with E-state index in [0.717, 1.165) is 16.1 Å². The molecule has 0 saturated carbocycles. The second-order valence-electron chi connectivity index (χ2n) is 10.7. The lowest BCUT2D eigenvalue weighted by Crippen LogP contribution is -2.56. The fourth-order valence-corrected chi connectivity index (χ4v) is 5.52. The number of sulfonamides is 1. The molecule has 8 nitrogen and oxygen atoms in total. The third-order valence-electron chi connectivity index (χ3n) is 6.10. The first-order valence-electron chi connectivity index (χ1n) is 12.9. The maximum atomic E-state index is 14.2. The van der Waals surface area contributed by atoms with Gasteiger partial charge in [0.15, 0.2) is 0 Å². The van der Waals surface area contributed by atoms with Crippen molar-refractivity contribution in [3.63, 3.8) is 0 Å². The molecule has 0 saturated heterocycles. The summed E-state index contributed by atoms with van der Waals surface area (Å²) in [6, 6.07) is 19.8. The number of amides is 2. The van der Waals surface area contributed by atoms with Gasteiger partial charge in [-0.2, -0.15) is 0 Å². The van der Waals surface area contributed by atoms with E-state index in [1.807, 2.05) is 51.1 Å². The molecule has 0 aliphatic rings. The SMILES string of the molecule is COc1ccc(Cl)cc1N(CC(=O)N(Cc1cccc(Cl)c1)C(Cc1ccccc1)C(=O)NC(C)(C)C)S(C)(=O)=O. The first kappa shape index (κ1) is 32.2. The summed E-state index contributed by atoms with van der Waals surface area (Å²) in [6.45, 7) is 4.97. The third kappa shape index (κ3) is 9.38. The van der Waals surface area contributed by atoms with E-state index in [1.54, 1.807) is 30.3 Å². The van der Waals surface area contributed by atoms with E-state index in [4.69, 9.17) is 27.9 Å². The number of hydrogen-bond acceptors (Lipinski definition) is 5. The predicted octanol–water partition coefficient (Wildman–Crippen LogP) is 5.32. The van der Waals surface area contributed by atoms with Gasteiger partial charge in [-0.05, 0) is 62.2 Å². The molecule has 3 rings (SSSR count). The average Bonchev–Trinajstić information content (AvgIpc) is 2.88. The Morgan fingerprint density at radius 2 is 1.56 bits per heavy atom. The van der Waals surface area contributed by atoms with Gasteiger partial charge in [-0.25, -0.2) is 8.42 Å². The van der Waals surface area contributed by atoms with E-state index in [1.165, 1.54) is 24.1 Å². The zero-order valence-electron chi connectivity index (χ0n) is 23.7. The molecule has 0 aliphatic carbocycles. The Balaban J connectivity index is 2.12. The fraction of sp³-hybridized carbons (Fsp3) is 0.333. The van der Waals surface area contributed by atoms with Crippen LogP contribution in [0.5, 0.6) is 5.75 Å². The molecule has 1 unspecified atom stereocenters. The second-order valence-corrected chi connectivity index (χ2v) is 13.5. The summed E-state index contributed by atoms with van der Waals surface area (Å²) in [7, 11) is -2.59. The van der Waals surface area contributed by atoms with Crippen molar-refractivity contribution in [1.82, 2.24) is 10.2 Å². The molecule has 0 fully saturated rings. The van der Waals surface area contributed by atoms with Crippen LogP contribution in [0, 0.1) is 0 Å². The largest absolute Gasteiger partial charge is 0.495 e. The Morgan fingerprint density at radius 1 is 0.927 bits per heavy atom. The van der Waals surface area contributed by atoms with Gasteiger partial charge < -0.3 is 15.0 Å². The molecule has 2 amide bonds. The van der Waals surface area contributed by atoms with Gasteiger partial charge >= 0.3 is 0 Å². The lowest BCUT2D eigenvalue weighted by Gasteiger charge is -2.35. The van der Waals surface area contributed by atoms with Crippen molar-refractivity contribution in [3.8, 4) is 5.75 Å². The van der Waals surface area contributed by atoms with Crippen LogP contribution in [0.2, 0.25) is 10.0 Å². The van der Waals surface area contributed by atoms with Crippen LogP contribution in [0.25, 0.3) is 0 Å². The minimum Gasteiger partial charge on any atom is -0.495 e. The monoisotopic (exact) mass is 619 g/mol. The number of carbonyl (C=O) groups is 2. The molecule has 3 aromatic rings. The van der Waals surface area contributed by atoms with Crippen LogP contribution in [0.15, 0.2) is 72.8 Å². The van der Waals surface area contributed by atoms with Crippen LogP contribution in [-0.4, -0.2) is 56.6 Å². The number of hydrogen-bond donors (Lipinski definition) is 1. The highest BCUT2D eigenvalue weighted by Gasteiger charge is 2.35. The van der Waals surface area contributed by atoms with Crippen molar-refractivity contribution >= 4 is 50.7 Å². The Hall–Kier alpha value is -3.27. The molecule has 3 aromatic carbocycles. The maximum Gasteiger partial charge on any atom is 0.244 e. The first-order chi connectivity index (χ1) is 19.2. The van der Waals surface area contributed by atoms with Crippen LogP contribution in [0.4, 0.5) is 5.69 Å². The Labute approximate surface area is 252 Å². The normalized spacial score (nSPS) is 12.4. The van der Waals surface area contributed by atoms with Crippen molar-refractivity contribution in [2.24, 2.45) is 0 Å². The van der Waals surface area contributed by atoms with Gasteiger partial charge in [-0.3, -0.25) is 13.9 Å². The second kappa shape index (κ2) is 13.6. The van der Waals surface area contributed by atoms with E-state index in [9.17, 15) is 18.0 Å². The van der Waals surface area contributed by atoms with E-state index in [0.29, 0.717) is 10.6 Å². The molecule has 0 aliphatic heterocycles. The average molecular weight is 621 g/mol. The smallest absolute Gasteiger partial charge is 0.244 e. The molecular weight excluding hydrogens is 585 g/mol. The number of nitrogens with zero attached hydrogens (tertiary/aromatic N) is 2. The summed E-state index contributed by atoms with van der Waals surface area (Å²) in [4.78, 5) is 29.3.